The highest BCUT2D eigenvalue weighted by Crippen LogP contribution is 2.24. The highest BCUT2D eigenvalue weighted by atomic mass is 35.5. The van der Waals surface area contributed by atoms with Gasteiger partial charge in [0.15, 0.2) is 9.84 Å². The van der Waals surface area contributed by atoms with Gasteiger partial charge in [0.2, 0.25) is 0 Å². The van der Waals surface area contributed by atoms with Gasteiger partial charge >= 0.3 is 0 Å². The second-order valence-corrected chi connectivity index (χ2v) is 9.01. The smallest absolute Gasteiger partial charge is 0.254 e. The molecule has 0 radical (unpaired) electrons. The molecule has 5 nitrogen and oxygen atoms in total. The standard InChI is InChI=1S/C19H20ClNO4S/c1-25-18-4-2-3-15(11-18)19(22)21(17-9-10-26(23,24)13-17)12-14-5-7-16(20)8-6-14/h2-8,11,17H,9-10,12-13H2,1H3/t17-/m1/s1. The fraction of sp³-hybridized carbons (Fsp3) is 0.316. The van der Waals surface area contributed by atoms with Gasteiger partial charge in [0, 0.05) is 23.2 Å². The van der Waals surface area contributed by atoms with E-state index in [-0.39, 0.29) is 23.5 Å². The number of nitrogens with zero attached hydrogens (tertiary/aromatic N) is 1. The first kappa shape index (κ1) is 18.7. The molecule has 0 aliphatic carbocycles. The second-order valence-electron chi connectivity index (χ2n) is 6.35. The first-order chi connectivity index (χ1) is 12.4. The van der Waals surface area contributed by atoms with Crippen molar-refractivity contribution >= 4 is 27.3 Å². The Morgan fingerprint density at radius 1 is 1.23 bits per heavy atom. The van der Waals surface area contributed by atoms with Crippen molar-refractivity contribution in [2.75, 3.05) is 18.6 Å². The van der Waals surface area contributed by atoms with Crippen molar-refractivity contribution in [3.63, 3.8) is 0 Å². The zero-order valence-electron chi connectivity index (χ0n) is 14.4. The number of carbonyl (C=O) groups excluding carboxylic acids is 1. The molecular weight excluding hydrogens is 374 g/mol. The van der Waals surface area contributed by atoms with Crippen LogP contribution >= 0.6 is 11.6 Å². The Hall–Kier alpha value is -2.05. The molecule has 7 heteroatoms. The van der Waals surface area contributed by atoms with Crippen molar-refractivity contribution in [1.82, 2.24) is 4.90 Å². The van der Waals surface area contributed by atoms with Crippen LogP contribution in [0.3, 0.4) is 0 Å². The average Bonchev–Trinajstić information content (AvgIpc) is 3.00. The number of rotatable bonds is 5. The Kier molecular flexibility index (Phi) is 5.53. The lowest BCUT2D eigenvalue weighted by molar-refractivity contribution is 0.0680. The predicted molar refractivity (Wildman–Crippen MR) is 101 cm³/mol. The molecule has 3 rings (SSSR count). The topological polar surface area (TPSA) is 63.7 Å². The summed E-state index contributed by atoms with van der Waals surface area (Å²) in [5, 5.41) is 0.614. The SMILES string of the molecule is COc1cccc(C(=O)N(Cc2ccc(Cl)cc2)[C@@H]2CCS(=O)(=O)C2)c1. The quantitative estimate of drug-likeness (QED) is 0.782. The monoisotopic (exact) mass is 393 g/mol. The number of carbonyl (C=O) groups is 1. The molecule has 0 aromatic heterocycles. The van der Waals surface area contributed by atoms with Crippen LogP contribution in [0.2, 0.25) is 5.02 Å². The highest BCUT2D eigenvalue weighted by molar-refractivity contribution is 7.91. The second kappa shape index (κ2) is 7.68. The summed E-state index contributed by atoms with van der Waals surface area (Å²) in [5.74, 6) is 0.485. The minimum absolute atomic E-state index is 0.00367. The molecular formula is C19H20ClNO4S. The molecule has 1 heterocycles. The summed E-state index contributed by atoms with van der Waals surface area (Å²) in [5.41, 5.74) is 1.37. The molecule has 0 N–H and O–H groups in total. The van der Waals surface area contributed by atoms with Crippen molar-refractivity contribution in [2.45, 2.75) is 19.0 Å². The molecule has 1 aliphatic heterocycles. The number of ether oxygens (including phenoxy) is 1. The summed E-state index contributed by atoms with van der Waals surface area (Å²) < 4.78 is 29.0. The Labute approximate surface area is 158 Å². The van der Waals surface area contributed by atoms with Crippen LogP contribution < -0.4 is 4.74 Å². The molecule has 0 spiro atoms. The first-order valence-electron chi connectivity index (χ1n) is 8.28. The lowest BCUT2D eigenvalue weighted by Crippen LogP contribution is -2.40. The van der Waals surface area contributed by atoms with Gasteiger partial charge in [0.1, 0.15) is 5.75 Å². The minimum atomic E-state index is -3.11. The van der Waals surface area contributed by atoms with Crippen molar-refractivity contribution in [2.24, 2.45) is 0 Å². The lowest BCUT2D eigenvalue weighted by Gasteiger charge is -2.28. The molecule has 0 saturated carbocycles. The van der Waals surface area contributed by atoms with E-state index in [9.17, 15) is 13.2 Å². The van der Waals surface area contributed by atoms with Crippen molar-refractivity contribution in [1.29, 1.82) is 0 Å². The number of benzene rings is 2. The van der Waals surface area contributed by atoms with Gasteiger partial charge in [-0.3, -0.25) is 4.79 Å². The van der Waals surface area contributed by atoms with E-state index >= 15 is 0 Å². The van der Waals surface area contributed by atoms with Crippen LogP contribution in [0.4, 0.5) is 0 Å². The number of methoxy groups -OCH3 is 1. The number of hydrogen-bond acceptors (Lipinski definition) is 4. The zero-order valence-corrected chi connectivity index (χ0v) is 16.0. The molecule has 1 saturated heterocycles. The fourth-order valence-electron chi connectivity index (χ4n) is 3.10. The van der Waals surface area contributed by atoms with Crippen LogP contribution in [0.1, 0.15) is 22.3 Å². The van der Waals surface area contributed by atoms with Gasteiger partial charge in [-0.25, -0.2) is 8.42 Å². The molecule has 1 atom stereocenters. The maximum absolute atomic E-state index is 13.1. The van der Waals surface area contributed by atoms with Gasteiger partial charge in [-0.2, -0.15) is 0 Å². The van der Waals surface area contributed by atoms with Crippen molar-refractivity contribution in [3.05, 3.63) is 64.7 Å². The normalized spacial score (nSPS) is 18.5. The summed E-state index contributed by atoms with van der Waals surface area (Å²) in [7, 11) is -1.57. The Morgan fingerprint density at radius 3 is 2.58 bits per heavy atom. The van der Waals surface area contributed by atoms with Crippen molar-refractivity contribution < 1.29 is 17.9 Å². The van der Waals surface area contributed by atoms with Gasteiger partial charge in [0.25, 0.3) is 5.91 Å². The molecule has 138 valence electrons. The van der Waals surface area contributed by atoms with Gasteiger partial charge in [-0.1, -0.05) is 29.8 Å². The number of amides is 1. The molecule has 1 fully saturated rings. The summed E-state index contributed by atoms with van der Waals surface area (Å²) in [6.45, 7) is 0.327. The zero-order chi connectivity index (χ0) is 18.7. The number of sulfone groups is 1. The molecule has 2 aromatic carbocycles. The molecule has 0 unspecified atom stereocenters. The fourth-order valence-corrected chi connectivity index (χ4v) is 4.95. The third-order valence-corrected chi connectivity index (χ3v) is 6.50. The minimum Gasteiger partial charge on any atom is -0.497 e. The third-order valence-electron chi connectivity index (χ3n) is 4.49. The van der Waals surface area contributed by atoms with E-state index in [0.717, 1.165) is 5.56 Å². The van der Waals surface area contributed by atoms with Gasteiger partial charge in [0.05, 0.1) is 18.6 Å². The van der Waals surface area contributed by atoms with Crippen molar-refractivity contribution in [3.8, 4) is 5.75 Å². The number of halogens is 1. The Balaban J connectivity index is 1.91. The Bertz CT molecular complexity index is 896. The van der Waals surface area contributed by atoms with E-state index in [1.807, 2.05) is 12.1 Å². The summed E-state index contributed by atoms with van der Waals surface area (Å²) in [4.78, 5) is 14.8. The maximum atomic E-state index is 13.1. The lowest BCUT2D eigenvalue weighted by atomic mass is 10.1. The van der Waals surface area contributed by atoms with Crippen LogP contribution in [-0.4, -0.2) is 43.9 Å². The van der Waals surface area contributed by atoms with Crippen LogP contribution in [0.15, 0.2) is 48.5 Å². The van der Waals surface area contributed by atoms with E-state index in [4.69, 9.17) is 16.3 Å². The first-order valence-corrected chi connectivity index (χ1v) is 10.5. The van der Waals surface area contributed by atoms with Gasteiger partial charge < -0.3 is 9.64 Å². The number of hydrogen-bond donors (Lipinski definition) is 0. The third kappa shape index (κ3) is 4.37. The van der Waals surface area contributed by atoms with Crippen LogP contribution in [0.25, 0.3) is 0 Å². The van der Waals surface area contributed by atoms with Crippen LogP contribution in [0.5, 0.6) is 5.75 Å². The summed E-state index contributed by atoms with van der Waals surface area (Å²) in [6, 6.07) is 13.8. The van der Waals surface area contributed by atoms with E-state index in [0.29, 0.717) is 29.3 Å². The molecule has 2 aromatic rings. The van der Waals surface area contributed by atoms with Crippen LogP contribution in [-0.2, 0) is 16.4 Å². The van der Waals surface area contributed by atoms with E-state index in [1.54, 1.807) is 48.4 Å². The van der Waals surface area contributed by atoms with E-state index < -0.39 is 9.84 Å². The Morgan fingerprint density at radius 2 is 1.96 bits per heavy atom. The van der Waals surface area contributed by atoms with E-state index in [2.05, 4.69) is 0 Å². The molecule has 26 heavy (non-hydrogen) atoms. The van der Waals surface area contributed by atoms with Crippen LogP contribution in [0, 0.1) is 0 Å². The molecule has 0 bridgehead atoms. The van der Waals surface area contributed by atoms with Gasteiger partial charge in [-0.15, -0.1) is 0 Å². The summed E-state index contributed by atoms with van der Waals surface area (Å²) in [6.07, 6.45) is 0.450. The molecule has 1 aliphatic rings. The van der Waals surface area contributed by atoms with E-state index in [1.165, 1.54) is 0 Å². The highest BCUT2D eigenvalue weighted by Gasteiger charge is 2.35. The van der Waals surface area contributed by atoms with Gasteiger partial charge in [-0.05, 0) is 42.3 Å². The largest absolute Gasteiger partial charge is 0.497 e. The predicted octanol–water partition coefficient (Wildman–Crippen LogP) is 3.18. The maximum Gasteiger partial charge on any atom is 0.254 e. The summed E-state index contributed by atoms with van der Waals surface area (Å²) >= 11 is 5.93. The molecule has 1 amide bonds. The average molecular weight is 394 g/mol.